The molecule has 9 nitrogen and oxygen atoms in total. The first-order valence-corrected chi connectivity index (χ1v) is 7.95. The van der Waals surface area contributed by atoms with Crippen molar-refractivity contribution in [2.75, 3.05) is 6.61 Å². The summed E-state index contributed by atoms with van der Waals surface area (Å²) in [5, 5.41) is 12.8. The molecule has 1 N–H and O–H groups in total. The van der Waals surface area contributed by atoms with Crippen LogP contribution in [0.2, 0.25) is 0 Å². The van der Waals surface area contributed by atoms with Crippen molar-refractivity contribution >= 4 is 5.97 Å². The van der Waals surface area contributed by atoms with Gasteiger partial charge in [0.05, 0.1) is 13.2 Å². The fourth-order valence-electron chi connectivity index (χ4n) is 2.95. The molecule has 2 unspecified atom stereocenters. The van der Waals surface area contributed by atoms with Gasteiger partial charge in [-0.3, -0.25) is 0 Å². The van der Waals surface area contributed by atoms with E-state index in [0.29, 0.717) is 6.61 Å². The Bertz CT molecular complexity index is 651. The minimum atomic E-state index is -1.11. The van der Waals surface area contributed by atoms with Crippen molar-refractivity contribution in [1.29, 1.82) is 0 Å². The number of ether oxygens (including phenoxy) is 4. The van der Waals surface area contributed by atoms with Crippen LogP contribution in [0.15, 0.2) is 35.4 Å². The lowest BCUT2D eigenvalue weighted by Gasteiger charge is -2.39. The van der Waals surface area contributed by atoms with Crippen LogP contribution in [0.5, 0.6) is 0 Å². The van der Waals surface area contributed by atoms with Gasteiger partial charge in [0, 0.05) is 4.91 Å². The van der Waals surface area contributed by atoms with Gasteiger partial charge in [0.1, 0.15) is 24.4 Å². The molecular weight excluding hydrogens is 330 g/mol. The molecule has 2 fully saturated rings. The van der Waals surface area contributed by atoms with E-state index in [1.807, 2.05) is 30.3 Å². The van der Waals surface area contributed by atoms with Gasteiger partial charge in [0.15, 0.2) is 12.4 Å². The summed E-state index contributed by atoms with van der Waals surface area (Å²) in [5.74, 6) is -1.11. The van der Waals surface area contributed by atoms with E-state index in [1.165, 1.54) is 6.92 Å². The standard InChI is InChI=1S/C16H19N3O6/c1-9(15(20)21)24-14-12(18-19-17)16-23-8-11(25-16)13(14)22-7-10-5-3-2-4-6-10/h2-6,9,11-14,16H,7-8H2,1H3,(H,20,21)/t9-,11?,12-,13-,14-,16?/m1/s1. The minimum Gasteiger partial charge on any atom is -0.479 e. The molecule has 2 heterocycles. The average molecular weight is 349 g/mol. The van der Waals surface area contributed by atoms with Crippen molar-refractivity contribution in [3.63, 3.8) is 0 Å². The lowest BCUT2D eigenvalue weighted by atomic mass is 9.98. The highest BCUT2D eigenvalue weighted by Crippen LogP contribution is 2.34. The summed E-state index contributed by atoms with van der Waals surface area (Å²) in [5.41, 5.74) is 9.79. The highest BCUT2D eigenvalue weighted by Gasteiger charge is 2.52. The molecule has 134 valence electrons. The molecule has 0 radical (unpaired) electrons. The van der Waals surface area contributed by atoms with Crippen LogP contribution in [-0.2, 0) is 30.3 Å². The smallest absolute Gasteiger partial charge is 0.332 e. The summed E-state index contributed by atoms with van der Waals surface area (Å²) in [6.45, 7) is 1.98. The van der Waals surface area contributed by atoms with E-state index in [2.05, 4.69) is 10.0 Å². The van der Waals surface area contributed by atoms with Gasteiger partial charge in [-0.15, -0.1) is 0 Å². The van der Waals surface area contributed by atoms with Crippen LogP contribution in [0.4, 0.5) is 0 Å². The van der Waals surface area contributed by atoms with Crippen LogP contribution >= 0.6 is 0 Å². The number of rotatable bonds is 7. The molecule has 0 aliphatic carbocycles. The van der Waals surface area contributed by atoms with Gasteiger partial charge in [-0.2, -0.15) is 0 Å². The fraction of sp³-hybridized carbons (Fsp3) is 0.562. The molecule has 0 aromatic heterocycles. The predicted octanol–water partition coefficient (Wildman–Crippen LogP) is 1.86. The SMILES string of the molecule is C[C@@H](O[C@H]1[C@H](OCc2ccccc2)C2COC(O2)[C@@H]1N=[N+]=[N-])C(=O)O. The van der Waals surface area contributed by atoms with Gasteiger partial charge >= 0.3 is 5.97 Å². The summed E-state index contributed by atoms with van der Waals surface area (Å²) >= 11 is 0. The van der Waals surface area contributed by atoms with E-state index >= 15 is 0 Å². The molecule has 2 bridgehead atoms. The van der Waals surface area contributed by atoms with Crippen LogP contribution in [0, 0.1) is 0 Å². The van der Waals surface area contributed by atoms with Crippen LogP contribution in [0.1, 0.15) is 12.5 Å². The number of nitrogens with zero attached hydrogens (tertiary/aromatic N) is 3. The number of hydrogen-bond acceptors (Lipinski definition) is 6. The lowest BCUT2D eigenvalue weighted by Crippen LogP contribution is -2.56. The third kappa shape index (κ3) is 3.92. The Labute approximate surface area is 144 Å². The normalized spacial score (nSPS) is 32.0. The first-order chi connectivity index (χ1) is 12.1. The van der Waals surface area contributed by atoms with Crippen LogP contribution in [-0.4, -0.2) is 54.4 Å². The Morgan fingerprint density at radius 2 is 2.20 bits per heavy atom. The first-order valence-electron chi connectivity index (χ1n) is 7.95. The molecule has 2 aliphatic rings. The van der Waals surface area contributed by atoms with E-state index in [0.717, 1.165) is 5.56 Å². The summed E-state index contributed by atoms with van der Waals surface area (Å²) in [4.78, 5) is 14.0. The number of benzene rings is 1. The van der Waals surface area contributed by atoms with Crippen LogP contribution < -0.4 is 0 Å². The molecule has 3 rings (SSSR count). The molecular formula is C16H19N3O6. The average Bonchev–Trinajstić information content (AvgIpc) is 3.04. The quantitative estimate of drug-likeness (QED) is 0.455. The molecule has 0 saturated carbocycles. The Hall–Kier alpha value is -2.16. The van der Waals surface area contributed by atoms with E-state index in [1.54, 1.807) is 0 Å². The van der Waals surface area contributed by atoms with Crippen molar-refractivity contribution in [1.82, 2.24) is 0 Å². The predicted molar refractivity (Wildman–Crippen MR) is 84.5 cm³/mol. The molecule has 1 aromatic carbocycles. The number of fused-ring (bicyclic) bond motifs is 2. The second-order valence-corrected chi connectivity index (χ2v) is 5.91. The third-order valence-electron chi connectivity index (χ3n) is 4.22. The number of carbonyl (C=O) groups is 1. The molecule has 25 heavy (non-hydrogen) atoms. The molecule has 2 saturated heterocycles. The highest BCUT2D eigenvalue weighted by molar-refractivity contribution is 5.71. The van der Waals surface area contributed by atoms with Gasteiger partial charge < -0.3 is 24.1 Å². The zero-order valence-corrected chi connectivity index (χ0v) is 13.6. The number of hydrogen-bond donors (Lipinski definition) is 1. The lowest BCUT2D eigenvalue weighted by molar-refractivity contribution is -0.220. The van der Waals surface area contributed by atoms with Crippen molar-refractivity contribution in [2.45, 2.75) is 50.3 Å². The summed E-state index contributed by atoms with van der Waals surface area (Å²) in [6.07, 6.45) is -3.65. The van der Waals surface area contributed by atoms with E-state index < -0.39 is 42.7 Å². The van der Waals surface area contributed by atoms with Gasteiger partial charge in [0.2, 0.25) is 0 Å². The number of azide groups is 1. The largest absolute Gasteiger partial charge is 0.479 e. The maximum atomic E-state index is 11.2. The molecule has 9 heteroatoms. The molecule has 2 aliphatic heterocycles. The van der Waals surface area contributed by atoms with Gasteiger partial charge in [-0.25, -0.2) is 4.79 Å². The Kier molecular flexibility index (Phi) is 5.52. The first kappa shape index (κ1) is 17.7. The van der Waals surface area contributed by atoms with E-state index in [9.17, 15) is 4.79 Å². The van der Waals surface area contributed by atoms with Crippen molar-refractivity contribution in [2.24, 2.45) is 5.11 Å². The number of aliphatic carboxylic acids is 1. The maximum absolute atomic E-state index is 11.2. The van der Waals surface area contributed by atoms with Gasteiger partial charge in [-0.1, -0.05) is 35.4 Å². The Morgan fingerprint density at radius 1 is 1.44 bits per heavy atom. The summed E-state index contributed by atoms with van der Waals surface area (Å²) in [7, 11) is 0. The van der Waals surface area contributed by atoms with Crippen molar-refractivity contribution in [3.8, 4) is 0 Å². The zero-order chi connectivity index (χ0) is 17.8. The van der Waals surface area contributed by atoms with Crippen LogP contribution in [0.3, 0.4) is 0 Å². The van der Waals surface area contributed by atoms with Crippen molar-refractivity contribution < 1.29 is 28.8 Å². The van der Waals surface area contributed by atoms with Crippen LogP contribution in [0.25, 0.3) is 10.4 Å². The van der Waals surface area contributed by atoms with E-state index in [-0.39, 0.29) is 6.61 Å². The van der Waals surface area contributed by atoms with Gasteiger partial charge in [0.25, 0.3) is 0 Å². The molecule has 1 aromatic rings. The zero-order valence-electron chi connectivity index (χ0n) is 13.6. The Balaban J connectivity index is 1.80. The fourth-order valence-corrected chi connectivity index (χ4v) is 2.95. The summed E-state index contributed by atoms with van der Waals surface area (Å²) in [6, 6.07) is 8.70. The minimum absolute atomic E-state index is 0.267. The number of carboxylic acid groups (broad SMARTS) is 1. The second-order valence-electron chi connectivity index (χ2n) is 5.91. The number of carboxylic acids is 1. The molecule has 0 amide bonds. The van der Waals surface area contributed by atoms with E-state index in [4.69, 9.17) is 29.6 Å². The third-order valence-corrected chi connectivity index (χ3v) is 4.22. The second kappa shape index (κ2) is 7.81. The summed E-state index contributed by atoms with van der Waals surface area (Å²) < 4.78 is 22.8. The Morgan fingerprint density at radius 3 is 2.88 bits per heavy atom. The van der Waals surface area contributed by atoms with Crippen molar-refractivity contribution in [3.05, 3.63) is 46.3 Å². The highest BCUT2D eigenvalue weighted by atomic mass is 16.7. The maximum Gasteiger partial charge on any atom is 0.332 e. The topological polar surface area (TPSA) is 123 Å². The molecule has 6 atom stereocenters. The van der Waals surface area contributed by atoms with Gasteiger partial charge in [-0.05, 0) is 18.0 Å². The molecule has 0 spiro atoms. The monoisotopic (exact) mass is 349 g/mol.